The maximum absolute atomic E-state index is 5.70. The fraction of sp³-hybridized carbons (Fsp3) is 0.353. The minimum Gasteiger partial charge on any atom is -0.439 e. The smallest absolute Gasteiger partial charge is 0.219 e. The Hall–Kier alpha value is -1.83. The van der Waals surface area contributed by atoms with Gasteiger partial charge in [-0.25, -0.2) is 4.98 Å². The molecule has 0 saturated carbocycles. The van der Waals surface area contributed by atoms with E-state index in [0.29, 0.717) is 5.88 Å². The molecule has 1 aromatic carbocycles. The predicted molar refractivity (Wildman–Crippen MR) is 78.7 cm³/mol. The van der Waals surface area contributed by atoms with Gasteiger partial charge in [0.05, 0.1) is 0 Å². The first-order valence-corrected chi connectivity index (χ1v) is 6.97. The van der Waals surface area contributed by atoms with Crippen LogP contribution in [0.1, 0.15) is 37.3 Å². The molecule has 0 aliphatic rings. The summed E-state index contributed by atoms with van der Waals surface area (Å²) in [5, 5.41) is 0. The van der Waals surface area contributed by atoms with Gasteiger partial charge in [0.1, 0.15) is 5.75 Å². The van der Waals surface area contributed by atoms with E-state index in [-0.39, 0.29) is 0 Å². The van der Waals surface area contributed by atoms with Gasteiger partial charge in [-0.3, -0.25) is 0 Å². The topological polar surface area (TPSA) is 22.1 Å². The molecule has 100 valence electrons. The molecule has 0 N–H and O–H groups in total. The van der Waals surface area contributed by atoms with Gasteiger partial charge in [0.2, 0.25) is 5.88 Å². The summed E-state index contributed by atoms with van der Waals surface area (Å²) in [6, 6.07) is 12.2. The highest BCUT2D eigenvalue weighted by Crippen LogP contribution is 2.20. The second kappa shape index (κ2) is 6.93. The van der Waals surface area contributed by atoms with E-state index in [2.05, 4.69) is 24.0 Å². The first-order chi connectivity index (χ1) is 9.28. The van der Waals surface area contributed by atoms with Crippen molar-refractivity contribution in [2.75, 3.05) is 0 Å². The van der Waals surface area contributed by atoms with Crippen LogP contribution < -0.4 is 4.74 Å². The van der Waals surface area contributed by atoms with Crippen LogP contribution in [0.3, 0.4) is 0 Å². The summed E-state index contributed by atoms with van der Waals surface area (Å²) >= 11 is 0. The Labute approximate surface area is 115 Å². The third-order valence-electron chi connectivity index (χ3n) is 3.10. The summed E-state index contributed by atoms with van der Waals surface area (Å²) in [5.74, 6) is 1.49. The predicted octanol–water partition coefficient (Wildman–Crippen LogP) is 4.92. The van der Waals surface area contributed by atoms with Crippen molar-refractivity contribution >= 4 is 0 Å². The number of pyridine rings is 1. The quantitative estimate of drug-likeness (QED) is 0.684. The van der Waals surface area contributed by atoms with Gasteiger partial charge in [0.15, 0.2) is 0 Å². The Morgan fingerprint density at radius 2 is 1.79 bits per heavy atom. The Morgan fingerprint density at radius 1 is 1.00 bits per heavy atom. The van der Waals surface area contributed by atoms with Crippen molar-refractivity contribution in [3.05, 3.63) is 53.7 Å². The van der Waals surface area contributed by atoms with Gasteiger partial charge in [-0.15, -0.1) is 0 Å². The molecule has 0 aliphatic carbocycles. The maximum Gasteiger partial charge on any atom is 0.219 e. The van der Waals surface area contributed by atoms with E-state index < -0.39 is 0 Å². The van der Waals surface area contributed by atoms with Gasteiger partial charge in [0.25, 0.3) is 0 Å². The highest BCUT2D eigenvalue weighted by Gasteiger charge is 1.99. The van der Waals surface area contributed by atoms with Gasteiger partial charge in [-0.05, 0) is 43.0 Å². The average molecular weight is 255 g/mol. The third-order valence-corrected chi connectivity index (χ3v) is 3.10. The summed E-state index contributed by atoms with van der Waals surface area (Å²) in [7, 11) is 0. The van der Waals surface area contributed by atoms with E-state index in [1.54, 1.807) is 0 Å². The molecule has 0 spiro atoms. The fourth-order valence-corrected chi connectivity index (χ4v) is 1.94. The number of aromatic nitrogens is 1. The van der Waals surface area contributed by atoms with E-state index in [1.165, 1.54) is 24.8 Å². The molecule has 0 fully saturated rings. The standard InChI is InChI=1S/C17H21NO/c1-3-4-5-6-15-8-10-16(11-9-15)19-17-12-7-14(2)13-18-17/h7-13H,3-6H2,1-2H3. The highest BCUT2D eigenvalue weighted by atomic mass is 16.5. The number of unbranched alkanes of at least 4 members (excludes halogenated alkanes) is 2. The highest BCUT2D eigenvalue weighted by molar-refractivity contribution is 5.30. The van der Waals surface area contributed by atoms with Gasteiger partial charge in [0, 0.05) is 12.3 Å². The molecule has 0 aliphatic heterocycles. The van der Waals surface area contributed by atoms with Gasteiger partial charge in [-0.2, -0.15) is 0 Å². The number of nitrogens with zero attached hydrogens (tertiary/aromatic N) is 1. The largest absolute Gasteiger partial charge is 0.439 e. The van der Waals surface area contributed by atoms with E-state index in [9.17, 15) is 0 Å². The number of aryl methyl sites for hydroxylation is 2. The Bertz CT molecular complexity index is 488. The summed E-state index contributed by atoms with van der Waals surface area (Å²) in [6.07, 6.45) is 6.79. The van der Waals surface area contributed by atoms with Crippen LogP contribution in [0.25, 0.3) is 0 Å². The maximum atomic E-state index is 5.70. The molecule has 0 atom stereocenters. The number of hydrogen-bond donors (Lipinski definition) is 0. The van der Waals surface area contributed by atoms with Crippen molar-refractivity contribution in [3.8, 4) is 11.6 Å². The number of benzene rings is 1. The van der Waals surface area contributed by atoms with E-state index in [1.807, 2.05) is 37.4 Å². The Balaban J connectivity index is 1.92. The monoisotopic (exact) mass is 255 g/mol. The van der Waals surface area contributed by atoms with Crippen molar-refractivity contribution in [1.29, 1.82) is 0 Å². The summed E-state index contributed by atoms with van der Waals surface area (Å²) in [5.41, 5.74) is 2.51. The first-order valence-electron chi connectivity index (χ1n) is 6.97. The van der Waals surface area contributed by atoms with Crippen molar-refractivity contribution in [3.63, 3.8) is 0 Å². The Morgan fingerprint density at radius 3 is 2.42 bits per heavy atom. The minimum absolute atomic E-state index is 0.643. The van der Waals surface area contributed by atoms with Crippen LogP contribution >= 0.6 is 0 Å². The molecule has 2 rings (SSSR count). The minimum atomic E-state index is 0.643. The van der Waals surface area contributed by atoms with Crippen LogP contribution in [0, 0.1) is 6.92 Å². The van der Waals surface area contributed by atoms with Gasteiger partial charge >= 0.3 is 0 Å². The van der Waals surface area contributed by atoms with Crippen molar-refractivity contribution in [2.24, 2.45) is 0 Å². The van der Waals surface area contributed by atoms with Crippen molar-refractivity contribution in [2.45, 2.75) is 39.5 Å². The molecule has 2 aromatic rings. The number of ether oxygens (including phenoxy) is 1. The van der Waals surface area contributed by atoms with Gasteiger partial charge in [-0.1, -0.05) is 38.0 Å². The summed E-state index contributed by atoms with van der Waals surface area (Å²) in [4.78, 5) is 4.23. The van der Waals surface area contributed by atoms with E-state index in [4.69, 9.17) is 4.74 Å². The lowest BCUT2D eigenvalue weighted by Gasteiger charge is -2.06. The second-order valence-electron chi connectivity index (χ2n) is 4.88. The number of hydrogen-bond acceptors (Lipinski definition) is 2. The fourth-order valence-electron chi connectivity index (χ4n) is 1.94. The first kappa shape index (κ1) is 13.6. The zero-order valence-electron chi connectivity index (χ0n) is 11.7. The van der Waals surface area contributed by atoms with E-state index >= 15 is 0 Å². The average Bonchev–Trinajstić information content (AvgIpc) is 2.44. The van der Waals surface area contributed by atoms with E-state index in [0.717, 1.165) is 17.7 Å². The SMILES string of the molecule is CCCCCc1ccc(Oc2ccc(C)cn2)cc1. The van der Waals surface area contributed by atoms with Crippen LogP contribution in [-0.4, -0.2) is 4.98 Å². The summed E-state index contributed by atoms with van der Waals surface area (Å²) in [6.45, 7) is 4.24. The molecule has 2 nitrogen and oxygen atoms in total. The van der Waals surface area contributed by atoms with Crippen LogP contribution in [0.4, 0.5) is 0 Å². The molecule has 2 heteroatoms. The molecule has 0 bridgehead atoms. The van der Waals surface area contributed by atoms with Crippen LogP contribution in [-0.2, 0) is 6.42 Å². The molecule has 1 heterocycles. The lowest BCUT2D eigenvalue weighted by Crippen LogP contribution is -1.89. The third kappa shape index (κ3) is 4.40. The number of rotatable bonds is 6. The van der Waals surface area contributed by atoms with Crippen LogP contribution in [0.15, 0.2) is 42.6 Å². The zero-order valence-corrected chi connectivity index (χ0v) is 11.7. The molecule has 0 saturated heterocycles. The molecule has 1 aromatic heterocycles. The molecule has 0 radical (unpaired) electrons. The zero-order chi connectivity index (χ0) is 13.5. The van der Waals surface area contributed by atoms with Crippen molar-refractivity contribution < 1.29 is 4.74 Å². The van der Waals surface area contributed by atoms with Gasteiger partial charge < -0.3 is 4.74 Å². The lowest BCUT2D eigenvalue weighted by molar-refractivity contribution is 0.462. The summed E-state index contributed by atoms with van der Waals surface area (Å²) < 4.78 is 5.70. The van der Waals surface area contributed by atoms with Crippen LogP contribution in [0.2, 0.25) is 0 Å². The molecule has 19 heavy (non-hydrogen) atoms. The normalized spacial score (nSPS) is 10.4. The molecule has 0 unspecified atom stereocenters. The second-order valence-corrected chi connectivity index (χ2v) is 4.88. The molecular formula is C17H21NO. The Kier molecular flexibility index (Phi) is 4.96. The lowest BCUT2D eigenvalue weighted by atomic mass is 10.1. The molecule has 0 amide bonds. The van der Waals surface area contributed by atoms with Crippen molar-refractivity contribution in [1.82, 2.24) is 4.98 Å². The molecular weight excluding hydrogens is 234 g/mol. The van der Waals surface area contributed by atoms with Crippen LogP contribution in [0.5, 0.6) is 11.6 Å².